The van der Waals surface area contributed by atoms with E-state index in [9.17, 15) is 14.4 Å². The normalized spacial score (nSPS) is 16.8. The maximum atomic E-state index is 12.1. The van der Waals surface area contributed by atoms with Gasteiger partial charge >= 0.3 is 5.97 Å². The number of amides is 2. The Kier molecular flexibility index (Phi) is 6.10. The molecule has 2 amide bonds. The van der Waals surface area contributed by atoms with E-state index < -0.39 is 11.9 Å². The number of aliphatic carboxylic acids is 1. The molecule has 7 heteroatoms. The molecule has 1 aliphatic heterocycles. The van der Waals surface area contributed by atoms with Crippen LogP contribution in [-0.2, 0) is 14.3 Å². The van der Waals surface area contributed by atoms with Crippen molar-refractivity contribution in [1.82, 2.24) is 5.32 Å². The number of anilines is 1. The molecule has 7 nitrogen and oxygen atoms in total. The Labute approximate surface area is 134 Å². The van der Waals surface area contributed by atoms with Crippen molar-refractivity contribution in [3.8, 4) is 0 Å². The van der Waals surface area contributed by atoms with Crippen LogP contribution in [0.5, 0.6) is 0 Å². The smallest absolute Gasteiger partial charge is 0.303 e. The molecular weight excluding hydrogens is 300 g/mol. The lowest BCUT2D eigenvalue weighted by Crippen LogP contribution is -2.31. The Balaban J connectivity index is 1.86. The van der Waals surface area contributed by atoms with E-state index in [4.69, 9.17) is 9.84 Å². The zero-order chi connectivity index (χ0) is 16.7. The first-order valence-electron chi connectivity index (χ1n) is 7.56. The molecule has 0 unspecified atom stereocenters. The van der Waals surface area contributed by atoms with Gasteiger partial charge in [0, 0.05) is 30.8 Å². The van der Waals surface area contributed by atoms with Crippen molar-refractivity contribution in [1.29, 1.82) is 0 Å². The Hall–Kier alpha value is -2.41. The fourth-order valence-corrected chi connectivity index (χ4v) is 2.30. The Morgan fingerprint density at radius 1 is 1.26 bits per heavy atom. The molecule has 2 rings (SSSR count). The van der Waals surface area contributed by atoms with Crippen LogP contribution in [0.2, 0.25) is 0 Å². The van der Waals surface area contributed by atoms with E-state index in [1.807, 2.05) is 0 Å². The van der Waals surface area contributed by atoms with Gasteiger partial charge in [-0.2, -0.15) is 0 Å². The quantitative estimate of drug-likeness (QED) is 0.704. The first-order chi connectivity index (χ1) is 11.0. The molecule has 1 fully saturated rings. The topological polar surface area (TPSA) is 105 Å². The van der Waals surface area contributed by atoms with E-state index in [0.29, 0.717) is 17.8 Å². The summed E-state index contributed by atoms with van der Waals surface area (Å²) in [5.74, 6) is -1.66. The maximum absolute atomic E-state index is 12.1. The lowest BCUT2D eigenvalue weighted by molar-refractivity contribution is -0.138. The molecule has 0 spiro atoms. The Bertz CT molecular complexity index is 582. The second kappa shape index (κ2) is 8.28. The summed E-state index contributed by atoms with van der Waals surface area (Å²) >= 11 is 0. The van der Waals surface area contributed by atoms with Gasteiger partial charge in [0.15, 0.2) is 0 Å². The first-order valence-corrected chi connectivity index (χ1v) is 7.56. The number of carboxylic acids is 1. The van der Waals surface area contributed by atoms with Crippen LogP contribution in [-0.4, -0.2) is 42.1 Å². The van der Waals surface area contributed by atoms with E-state index >= 15 is 0 Å². The summed E-state index contributed by atoms with van der Waals surface area (Å²) in [5, 5.41) is 13.9. The van der Waals surface area contributed by atoms with Crippen molar-refractivity contribution in [2.45, 2.75) is 31.8 Å². The highest BCUT2D eigenvalue weighted by Gasteiger charge is 2.17. The second-order valence-corrected chi connectivity index (χ2v) is 5.37. The van der Waals surface area contributed by atoms with Crippen LogP contribution >= 0.6 is 0 Å². The summed E-state index contributed by atoms with van der Waals surface area (Å²) < 4.78 is 5.44. The minimum absolute atomic E-state index is 0.0675. The van der Waals surface area contributed by atoms with Gasteiger partial charge in [-0.3, -0.25) is 14.4 Å². The van der Waals surface area contributed by atoms with Crippen LogP contribution < -0.4 is 10.6 Å². The SMILES string of the molecule is O=C(O)CCC(=O)Nc1cccc(C(=O)NC[C@H]2CCCO2)c1. The van der Waals surface area contributed by atoms with Crippen molar-refractivity contribution in [2.75, 3.05) is 18.5 Å². The van der Waals surface area contributed by atoms with Gasteiger partial charge in [-0.1, -0.05) is 6.07 Å². The standard InChI is InChI=1S/C16H20N2O5/c19-14(6-7-15(20)21)18-12-4-1-3-11(9-12)16(22)17-10-13-5-2-8-23-13/h1,3-4,9,13H,2,5-8,10H2,(H,17,22)(H,18,19)(H,20,21)/t13-/m1/s1. The summed E-state index contributed by atoms with van der Waals surface area (Å²) in [4.78, 5) is 34.1. The largest absolute Gasteiger partial charge is 0.481 e. The summed E-state index contributed by atoms with van der Waals surface area (Å²) in [7, 11) is 0. The van der Waals surface area contributed by atoms with Gasteiger partial charge in [0.05, 0.1) is 12.5 Å². The summed E-state index contributed by atoms with van der Waals surface area (Å²) in [6, 6.07) is 6.52. The highest BCUT2D eigenvalue weighted by atomic mass is 16.5. The molecule has 1 aliphatic rings. The number of nitrogens with one attached hydrogen (secondary N) is 2. The molecule has 1 aromatic carbocycles. The third kappa shape index (κ3) is 5.71. The predicted molar refractivity (Wildman–Crippen MR) is 83.2 cm³/mol. The highest BCUT2D eigenvalue weighted by molar-refractivity contribution is 5.97. The lowest BCUT2D eigenvalue weighted by atomic mass is 10.1. The fraction of sp³-hybridized carbons (Fsp3) is 0.438. The Morgan fingerprint density at radius 2 is 2.09 bits per heavy atom. The van der Waals surface area contributed by atoms with Crippen LogP contribution in [0.4, 0.5) is 5.69 Å². The number of carboxylic acid groups (broad SMARTS) is 1. The van der Waals surface area contributed by atoms with E-state index in [-0.39, 0.29) is 24.9 Å². The number of hydrogen-bond donors (Lipinski definition) is 3. The molecule has 1 saturated heterocycles. The molecule has 3 N–H and O–H groups in total. The van der Waals surface area contributed by atoms with Crippen molar-refractivity contribution in [3.05, 3.63) is 29.8 Å². The van der Waals surface area contributed by atoms with Crippen LogP contribution in [0.25, 0.3) is 0 Å². The molecule has 0 aliphatic carbocycles. The predicted octanol–water partition coefficient (Wildman–Crippen LogP) is 1.40. The van der Waals surface area contributed by atoms with Gasteiger partial charge < -0.3 is 20.5 Å². The number of ether oxygens (including phenoxy) is 1. The average molecular weight is 320 g/mol. The number of carbonyl (C=O) groups excluding carboxylic acids is 2. The number of benzene rings is 1. The van der Waals surface area contributed by atoms with Crippen molar-refractivity contribution < 1.29 is 24.2 Å². The average Bonchev–Trinajstić information content (AvgIpc) is 3.04. The Morgan fingerprint density at radius 3 is 2.78 bits per heavy atom. The van der Waals surface area contributed by atoms with E-state index in [1.165, 1.54) is 0 Å². The van der Waals surface area contributed by atoms with Gasteiger partial charge in [-0.15, -0.1) is 0 Å². The first kappa shape index (κ1) is 17.0. The van der Waals surface area contributed by atoms with Crippen molar-refractivity contribution in [3.63, 3.8) is 0 Å². The van der Waals surface area contributed by atoms with Crippen LogP contribution in [0.1, 0.15) is 36.0 Å². The van der Waals surface area contributed by atoms with Gasteiger partial charge in [0.25, 0.3) is 5.91 Å². The molecule has 0 aromatic heterocycles. The summed E-state index contributed by atoms with van der Waals surface area (Å²) in [5.41, 5.74) is 0.893. The van der Waals surface area contributed by atoms with Crippen LogP contribution in [0.3, 0.4) is 0 Å². The zero-order valence-electron chi connectivity index (χ0n) is 12.7. The van der Waals surface area contributed by atoms with Crippen LogP contribution in [0.15, 0.2) is 24.3 Å². The summed E-state index contributed by atoms with van der Waals surface area (Å²) in [6.45, 7) is 1.20. The lowest BCUT2D eigenvalue weighted by Gasteiger charge is -2.11. The van der Waals surface area contributed by atoms with E-state index in [2.05, 4.69) is 10.6 Å². The third-order valence-corrected chi connectivity index (χ3v) is 3.49. The monoisotopic (exact) mass is 320 g/mol. The molecular formula is C16H20N2O5. The van der Waals surface area contributed by atoms with Crippen molar-refractivity contribution in [2.24, 2.45) is 0 Å². The molecule has 124 valence electrons. The zero-order valence-corrected chi connectivity index (χ0v) is 12.7. The van der Waals surface area contributed by atoms with Gasteiger partial charge in [0.2, 0.25) is 5.91 Å². The highest BCUT2D eigenvalue weighted by Crippen LogP contribution is 2.13. The van der Waals surface area contributed by atoms with E-state index in [0.717, 1.165) is 19.4 Å². The minimum Gasteiger partial charge on any atom is -0.481 e. The molecule has 23 heavy (non-hydrogen) atoms. The molecule has 1 aromatic rings. The van der Waals surface area contributed by atoms with Gasteiger partial charge in [-0.25, -0.2) is 0 Å². The third-order valence-electron chi connectivity index (χ3n) is 3.49. The van der Waals surface area contributed by atoms with Crippen LogP contribution in [0, 0.1) is 0 Å². The van der Waals surface area contributed by atoms with Gasteiger partial charge in [-0.05, 0) is 31.0 Å². The van der Waals surface area contributed by atoms with Crippen molar-refractivity contribution >= 4 is 23.5 Å². The van der Waals surface area contributed by atoms with Gasteiger partial charge in [0.1, 0.15) is 0 Å². The van der Waals surface area contributed by atoms with E-state index in [1.54, 1.807) is 24.3 Å². The molecule has 0 bridgehead atoms. The molecule has 1 atom stereocenters. The molecule has 0 saturated carbocycles. The molecule has 0 radical (unpaired) electrons. The number of carbonyl (C=O) groups is 3. The second-order valence-electron chi connectivity index (χ2n) is 5.37. The number of rotatable bonds is 7. The maximum Gasteiger partial charge on any atom is 0.303 e. The number of hydrogen-bond acceptors (Lipinski definition) is 4. The minimum atomic E-state index is -1.03. The molecule has 1 heterocycles. The fourth-order valence-electron chi connectivity index (χ4n) is 2.30. The summed E-state index contributed by atoms with van der Waals surface area (Å²) in [6.07, 6.45) is 1.69.